The summed E-state index contributed by atoms with van der Waals surface area (Å²) >= 11 is 1.79. The predicted octanol–water partition coefficient (Wildman–Crippen LogP) is 3.70. The number of benzene rings is 1. The molecule has 1 heterocycles. The Morgan fingerprint density at radius 3 is 2.65 bits per heavy atom. The molecule has 0 aliphatic rings. The second kappa shape index (κ2) is 4.39. The number of rotatable bonds is 3. The van der Waals surface area contributed by atoms with Crippen LogP contribution in [-0.2, 0) is 6.42 Å². The highest BCUT2D eigenvalue weighted by Gasteiger charge is 2.16. The lowest BCUT2D eigenvalue weighted by Gasteiger charge is -2.18. The normalized spacial score (nSPS) is 12.6. The van der Waals surface area contributed by atoms with Crippen LogP contribution in [0.25, 0.3) is 10.2 Å². The van der Waals surface area contributed by atoms with E-state index in [-0.39, 0.29) is 5.54 Å². The maximum Gasteiger partial charge on any atom is 0.0964 e. The summed E-state index contributed by atoms with van der Waals surface area (Å²) in [6.45, 7) is 8.48. The third-order valence-corrected chi connectivity index (χ3v) is 3.98. The number of hydrogen-bond acceptors (Lipinski definition) is 3. The van der Waals surface area contributed by atoms with Gasteiger partial charge in [-0.3, -0.25) is 0 Å². The largest absolute Gasteiger partial charge is 0.325 e. The minimum atomic E-state index is -0.185. The van der Waals surface area contributed by atoms with E-state index in [1.54, 1.807) is 11.3 Å². The van der Waals surface area contributed by atoms with Crippen LogP contribution in [0.3, 0.4) is 0 Å². The van der Waals surface area contributed by atoms with Crippen LogP contribution in [0.2, 0.25) is 0 Å². The summed E-state index contributed by atoms with van der Waals surface area (Å²) in [5.74, 6) is 0.492. The Kier molecular flexibility index (Phi) is 3.23. The van der Waals surface area contributed by atoms with Crippen molar-refractivity contribution < 1.29 is 0 Å². The molecular weight excluding hydrogens is 228 g/mol. The van der Waals surface area contributed by atoms with Gasteiger partial charge in [-0.15, -0.1) is 11.3 Å². The Labute approximate surface area is 107 Å². The van der Waals surface area contributed by atoms with Gasteiger partial charge >= 0.3 is 0 Å². The maximum atomic E-state index is 6.10. The van der Waals surface area contributed by atoms with Crippen LogP contribution in [0.4, 0.5) is 0 Å². The smallest absolute Gasteiger partial charge is 0.0964 e. The standard InChI is InChI=1S/C14H20N2S/c1-9(2)13-16-12-10(8-14(3,4)15)6-5-7-11(12)17-13/h5-7,9H,8,15H2,1-4H3. The number of hydrogen-bond donors (Lipinski definition) is 1. The van der Waals surface area contributed by atoms with Crippen LogP contribution in [0.5, 0.6) is 0 Å². The molecule has 0 aliphatic heterocycles. The number of fused-ring (bicyclic) bond motifs is 1. The Hall–Kier alpha value is -0.930. The summed E-state index contributed by atoms with van der Waals surface area (Å²) < 4.78 is 1.27. The van der Waals surface area contributed by atoms with E-state index in [2.05, 4.69) is 45.9 Å². The molecule has 92 valence electrons. The van der Waals surface area contributed by atoms with Gasteiger partial charge in [0, 0.05) is 11.5 Å². The monoisotopic (exact) mass is 248 g/mol. The molecule has 2 rings (SSSR count). The summed E-state index contributed by atoms with van der Waals surface area (Å²) in [6.07, 6.45) is 0.867. The molecule has 2 aromatic rings. The van der Waals surface area contributed by atoms with Gasteiger partial charge in [0.15, 0.2) is 0 Å². The maximum absolute atomic E-state index is 6.10. The molecule has 0 saturated carbocycles. The lowest BCUT2D eigenvalue weighted by atomic mass is 9.96. The van der Waals surface area contributed by atoms with Gasteiger partial charge < -0.3 is 5.73 Å². The second-order valence-electron chi connectivity index (χ2n) is 5.64. The topological polar surface area (TPSA) is 38.9 Å². The fourth-order valence-electron chi connectivity index (χ4n) is 1.90. The van der Waals surface area contributed by atoms with Crippen molar-refractivity contribution in [1.82, 2.24) is 4.98 Å². The van der Waals surface area contributed by atoms with Crippen molar-refractivity contribution in [2.75, 3.05) is 0 Å². The third kappa shape index (κ3) is 2.85. The first-order valence-corrected chi connectivity index (χ1v) is 6.86. The number of thiazole rings is 1. The van der Waals surface area contributed by atoms with Crippen molar-refractivity contribution in [3.63, 3.8) is 0 Å². The molecule has 2 nitrogen and oxygen atoms in total. The summed E-state index contributed by atoms with van der Waals surface area (Å²) in [6, 6.07) is 6.39. The van der Waals surface area contributed by atoms with Gasteiger partial charge in [-0.05, 0) is 31.9 Å². The summed E-state index contributed by atoms with van der Waals surface area (Å²) in [5, 5.41) is 1.21. The molecule has 1 aromatic carbocycles. The van der Waals surface area contributed by atoms with Gasteiger partial charge in [-0.1, -0.05) is 26.0 Å². The number of nitrogens with two attached hydrogens (primary N) is 1. The lowest BCUT2D eigenvalue weighted by molar-refractivity contribution is 0.518. The number of para-hydroxylation sites is 1. The van der Waals surface area contributed by atoms with Crippen LogP contribution in [0.15, 0.2) is 18.2 Å². The molecule has 2 N–H and O–H groups in total. The zero-order valence-corrected chi connectivity index (χ0v) is 11.8. The molecule has 0 saturated heterocycles. The zero-order valence-electron chi connectivity index (χ0n) is 10.9. The lowest BCUT2D eigenvalue weighted by Crippen LogP contribution is -2.34. The molecule has 0 aliphatic carbocycles. The van der Waals surface area contributed by atoms with E-state index in [0.717, 1.165) is 11.9 Å². The highest BCUT2D eigenvalue weighted by atomic mass is 32.1. The summed E-state index contributed by atoms with van der Waals surface area (Å²) in [7, 11) is 0. The molecule has 0 bridgehead atoms. The fraction of sp³-hybridized carbons (Fsp3) is 0.500. The first-order chi connectivity index (χ1) is 7.87. The first-order valence-electron chi connectivity index (χ1n) is 6.04. The number of nitrogens with zero attached hydrogens (tertiary/aromatic N) is 1. The van der Waals surface area contributed by atoms with Crippen molar-refractivity contribution in [2.24, 2.45) is 5.73 Å². The van der Waals surface area contributed by atoms with Crippen LogP contribution >= 0.6 is 11.3 Å². The van der Waals surface area contributed by atoms with E-state index in [9.17, 15) is 0 Å². The fourth-order valence-corrected chi connectivity index (χ4v) is 2.92. The van der Waals surface area contributed by atoms with E-state index in [0.29, 0.717) is 5.92 Å². The molecule has 0 radical (unpaired) electrons. The van der Waals surface area contributed by atoms with Crippen LogP contribution < -0.4 is 5.73 Å². The van der Waals surface area contributed by atoms with E-state index in [1.807, 2.05) is 0 Å². The second-order valence-corrected chi connectivity index (χ2v) is 6.70. The van der Waals surface area contributed by atoms with Crippen molar-refractivity contribution >= 4 is 21.6 Å². The Balaban J connectivity index is 2.49. The number of aromatic nitrogens is 1. The summed E-state index contributed by atoms with van der Waals surface area (Å²) in [5.41, 5.74) is 8.32. The molecule has 0 unspecified atom stereocenters. The van der Waals surface area contributed by atoms with Gasteiger partial charge in [-0.25, -0.2) is 4.98 Å². The third-order valence-electron chi connectivity index (χ3n) is 2.66. The molecule has 3 heteroatoms. The minimum Gasteiger partial charge on any atom is -0.325 e. The summed E-state index contributed by atoms with van der Waals surface area (Å²) in [4.78, 5) is 4.76. The van der Waals surface area contributed by atoms with Crippen molar-refractivity contribution in [3.05, 3.63) is 28.8 Å². The van der Waals surface area contributed by atoms with Crippen LogP contribution in [0, 0.1) is 0 Å². The van der Waals surface area contributed by atoms with Crippen molar-refractivity contribution in [2.45, 2.75) is 45.6 Å². The molecule has 17 heavy (non-hydrogen) atoms. The van der Waals surface area contributed by atoms with Crippen LogP contribution in [-0.4, -0.2) is 10.5 Å². The molecular formula is C14H20N2S. The molecule has 0 spiro atoms. The Morgan fingerprint density at radius 2 is 2.06 bits per heavy atom. The first kappa shape index (κ1) is 12.5. The Bertz CT molecular complexity index is 520. The van der Waals surface area contributed by atoms with Gasteiger partial charge in [0.2, 0.25) is 0 Å². The zero-order chi connectivity index (χ0) is 12.6. The van der Waals surface area contributed by atoms with E-state index < -0.39 is 0 Å². The molecule has 1 aromatic heterocycles. The SMILES string of the molecule is CC(C)c1nc2c(CC(C)(C)N)cccc2s1. The highest BCUT2D eigenvalue weighted by Crippen LogP contribution is 2.30. The van der Waals surface area contributed by atoms with E-state index in [4.69, 9.17) is 10.7 Å². The van der Waals surface area contributed by atoms with Gasteiger partial charge in [0.05, 0.1) is 15.2 Å². The molecule has 0 amide bonds. The van der Waals surface area contributed by atoms with E-state index in [1.165, 1.54) is 15.3 Å². The van der Waals surface area contributed by atoms with E-state index >= 15 is 0 Å². The van der Waals surface area contributed by atoms with Gasteiger partial charge in [-0.2, -0.15) is 0 Å². The average Bonchev–Trinajstić information content (AvgIpc) is 2.60. The van der Waals surface area contributed by atoms with Crippen LogP contribution in [0.1, 0.15) is 44.2 Å². The quantitative estimate of drug-likeness (QED) is 0.899. The molecule has 0 fully saturated rings. The highest BCUT2D eigenvalue weighted by molar-refractivity contribution is 7.18. The molecule has 0 atom stereocenters. The predicted molar refractivity (Wildman–Crippen MR) is 75.7 cm³/mol. The minimum absolute atomic E-state index is 0.185. The van der Waals surface area contributed by atoms with Gasteiger partial charge in [0.1, 0.15) is 0 Å². The van der Waals surface area contributed by atoms with Crippen molar-refractivity contribution in [1.29, 1.82) is 0 Å². The van der Waals surface area contributed by atoms with Gasteiger partial charge in [0.25, 0.3) is 0 Å². The van der Waals surface area contributed by atoms with Crippen molar-refractivity contribution in [3.8, 4) is 0 Å². The Morgan fingerprint density at radius 1 is 1.35 bits per heavy atom. The average molecular weight is 248 g/mol.